The van der Waals surface area contributed by atoms with E-state index >= 15 is 0 Å². The van der Waals surface area contributed by atoms with Crippen molar-refractivity contribution < 1.29 is 9.90 Å². The van der Waals surface area contributed by atoms with Crippen LogP contribution in [0.15, 0.2) is 0 Å². The summed E-state index contributed by atoms with van der Waals surface area (Å²) in [6.07, 6.45) is 0.780. The van der Waals surface area contributed by atoms with Crippen molar-refractivity contribution in [1.82, 2.24) is 5.32 Å². The lowest BCUT2D eigenvalue weighted by Crippen LogP contribution is -2.41. The van der Waals surface area contributed by atoms with E-state index in [1.807, 2.05) is 6.92 Å². The van der Waals surface area contributed by atoms with Crippen molar-refractivity contribution in [3.05, 3.63) is 0 Å². The quantitative estimate of drug-likeness (QED) is 0.633. The Morgan fingerprint density at radius 3 is 2.36 bits per heavy atom. The van der Waals surface area contributed by atoms with Gasteiger partial charge in [0, 0.05) is 6.42 Å². The average Bonchev–Trinajstić information content (AvgIpc) is 1.99. The molecule has 66 valence electrons. The fraction of sp³-hybridized carbons (Fsp3) is 0.875. The Hall–Kier alpha value is -0.570. The van der Waals surface area contributed by atoms with Crippen LogP contribution in [0.4, 0.5) is 0 Å². The molecule has 3 nitrogen and oxygen atoms in total. The summed E-state index contributed by atoms with van der Waals surface area (Å²) in [7, 11) is 0. The van der Waals surface area contributed by atoms with E-state index in [1.54, 1.807) is 13.8 Å². The smallest absolute Gasteiger partial charge is 0.220 e. The van der Waals surface area contributed by atoms with Gasteiger partial charge in [0.2, 0.25) is 5.91 Å². The van der Waals surface area contributed by atoms with Crippen LogP contribution in [-0.4, -0.2) is 23.2 Å². The summed E-state index contributed by atoms with van der Waals surface area (Å²) < 4.78 is 0. The minimum absolute atomic E-state index is 0.00208. The summed E-state index contributed by atoms with van der Waals surface area (Å²) in [4.78, 5) is 10.9. The van der Waals surface area contributed by atoms with Gasteiger partial charge in [0.05, 0.1) is 12.1 Å². The topological polar surface area (TPSA) is 49.3 Å². The van der Waals surface area contributed by atoms with Crippen molar-refractivity contribution in [2.75, 3.05) is 0 Å². The van der Waals surface area contributed by atoms with Gasteiger partial charge in [0.1, 0.15) is 0 Å². The van der Waals surface area contributed by atoms with E-state index in [2.05, 4.69) is 5.32 Å². The van der Waals surface area contributed by atoms with Crippen molar-refractivity contribution in [1.29, 1.82) is 0 Å². The zero-order valence-corrected chi connectivity index (χ0v) is 7.42. The number of aliphatic hydroxyl groups is 1. The van der Waals surface area contributed by atoms with E-state index in [1.165, 1.54) is 0 Å². The van der Waals surface area contributed by atoms with Crippen LogP contribution in [0.2, 0.25) is 0 Å². The van der Waals surface area contributed by atoms with Crippen molar-refractivity contribution in [3.8, 4) is 0 Å². The number of rotatable bonds is 4. The molecule has 0 aromatic rings. The second-order valence-electron chi connectivity index (χ2n) is 2.68. The first-order valence-electron chi connectivity index (χ1n) is 4.09. The molecule has 0 aliphatic heterocycles. The summed E-state index contributed by atoms with van der Waals surface area (Å²) in [5.74, 6) is -0.00208. The van der Waals surface area contributed by atoms with E-state index in [0.717, 1.165) is 6.42 Å². The van der Waals surface area contributed by atoms with Crippen LogP contribution in [0, 0.1) is 0 Å². The Balaban J connectivity index is 3.78. The van der Waals surface area contributed by atoms with Gasteiger partial charge in [-0.1, -0.05) is 13.8 Å². The van der Waals surface area contributed by atoms with E-state index in [-0.39, 0.29) is 11.9 Å². The van der Waals surface area contributed by atoms with Crippen molar-refractivity contribution in [3.63, 3.8) is 0 Å². The first-order valence-corrected chi connectivity index (χ1v) is 4.09. The first kappa shape index (κ1) is 10.4. The van der Waals surface area contributed by atoms with Gasteiger partial charge in [0.15, 0.2) is 0 Å². The molecule has 3 heteroatoms. The fourth-order valence-corrected chi connectivity index (χ4v) is 0.873. The highest BCUT2D eigenvalue weighted by molar-refractivity contribution is 5.75. The standard InChI is InChI=1S/C8H17NO2/c1-4-7(6(3)10)9-8(11)5-2/h6-7,10H,4-5H2,1-3H3,(H,9,11)/t6-,7-/m0/s1. The molecule has 0 bridgehead atoms. The van der Waals surface area contributed by atoms with Gasteiger partial charge in [-0.15, -0.1) is 0 Å². The molecule has 0 heterocycles. The van der Waals surface area contributed by atoms with E-state index in [9.17, 15) is 4.79 Å². The Labute approximate surface area is 67.8 Å². The molecule has 1 amide bonds. The van der Waals surface area contributed by atoms with Crippen LogP contribution in [0.5, 0.6) is 0 Å². The number of carbonyl (C=O) groups excluding carboxylic acids is 1. The van der Waals surface area contributed by atoms with Gasteiger partial charge in [0.25, 0.3) is 0 Å². The van der Waals surface area contributed by atoms with Gasteiger partial charge in [-0.3, -0.25) is 4.79 Å². The number of amides is 1. The number of aliphatic hydroxyl groups excluding tert-OH is 1. The first-order chi connectivity index (χ1) is 5.11. The molecule has 0 unspecified atom stereocenters. The zero-order chi connectivity index (χ0) is 8.85. The minimum atomic E-state index is -0.463. The highest BCUT2D eigenvalue weighted by Gasteiger charge is 2.13. The lowest BCUT2D eigenvalue weighted by Gasteiger charge is -2.18. The third-order valence-corrected chi connectivity index (χ3v) is 1.69. The maximum atomic E-state index is 10.9. The van der Waals surface area contributed by atoms with Crippen LogP contribution < -0.4 is 5.32 Å². The van der Waals surface area contributed by atoms with Crippen molar-refractivity contribution in [2.24, 2.45) is 0 Å². The highest BCUT2D eigenvalue weighted by Crippen LogP contribution is 1.97. The van der Waals surface area contributed by atoms with Crippen LogP contribution in [0.1, 0.15) is 33.6 Å². The Morgan fingerprint density at radius 2 is 2.09 bits per heavy atom. The molecule has 0 saturated carbocycles. The molecule has 0 saturated heterocycles. The molecule has 0 aliphatic rings. The van der Waals surface area contributed by atoms with Crippen molar-refractivity contribution >= 4 is 5.91 Å². The van der Waals surface area contributed by atoms with Gasteiger partial charge in [-0.2, -0.15) is 0 Å². The summed E-state index contributed by atoms with van der Waals surface area (Å²) in [5, 5.41) is 11.9. The maximum Gasteiger partial charge on any atom is 0.220 e. The van der Waals surface area contributed by atoms with Crippen LogP contribution in [0.25, 0.3) is 0 Å². The predicted molar refractivity (Wildman–Crippen MR) is 44.2 cm³/mol. The second kappa shape index (κ2) is 5.13. The summed E-state index contributed by atoms with van der Waals surface area (Å²) >= 11 is 0. The SMILES string of the molecule is CCC(=O)N[C@@H](CC)[C@H](C)O. The summed E-state index contributed by atoms with van der Waals surface area (Å²) in [6, 6.07) is -0.0950. The molecule has 11 heavy (non-hydrogen) atoms. The van der Waals surface area contributed by atoms with Gasteiger partial charge in [-0.05, 0) is 13.3 Å². The Morgan fingerprint density at radius 1 is 1.55 bits per heavy atom. The highest BCUT2D eigenvalue weighted by atomic mass is 16.3. The van der Waals surface area contributed by atoms with Gasteiger partial charge < -0.3 is 10.4 Å². The average molecular weight is 159 g/mol. The normalized spacial score (nSPS) is 15.6. The van der Waals surface area contributed by atoms with E-state index in [0.29, 0.717) is 6.42 Å². The molecule has 2 N–H and O–H groups in total. The lowest BCUT2D eigenvalue weighted by atomic mass is 10.1. The summed E-state index contributed by atoms with van der Waals surface area (Å²) in [6.45, 7) is 5.42. The van der Waals surface area contributed by atoms with E-state index < -0.39 is 6.10 Å². The predicted octanol–water partition coefficient (Wildman–Crippen LogP) is 0.672. The Kier molecular flexibility index (Phi) is 4.86. The van der Waals surface area contributed by atoms with Crippen molar-refractivity contribution in [2.45, 2.75) is 45.8 Å². The van der Waals surface area contributed by atoms with E-state index in [4.69, 9.17) is 5.11 Å². The third kappa shape index (κ3) is 3.98. The Bertz CT molecular complexity index is 123. The van der Waals surface area contributed by atoms with Gasteiger partial charge >= 0.3 is 0 Å². The third-order valence-electron chi connectivity index (χ3n) is 1.69. The molecule has 0 fully saturated rings. The van der Waals surface area contributed by atoms with Crippen LogP contribution in [0.3, 0.4) is 0 Å². The number of carbonyl (C=O) groups is 1. The number of hydrogen-bond acceptors (Lipinski definition) is 2. The molecule has 0 aromatic carbocycles. The molecular formula is C8H17NO2. The number of nitrogens with one attached hydrogen (secondary N) is 1. The molecule has 0 spiro atoms. The maximum absolute atomic E-state index is 10.9. The molecule has 0 aromatic heterocycles. The molecule has 0 radical (unpaired) electrons. The largest absolute Gasteiger partial charge is 0.391 e. The number of hydrogen-bond donors (Lipinski definition) is 2. The monoisotopic (exact) mass is 159 g/mol. The summed E-state index contributed by atoms with van der Waals surface area (Å²) in [5.41, 5.74) is 0. The molecule has 2 atom stereocenters. The lowest BCUT2D eigenvalue weighted by molar-refractivity contribution is -0.122. The van der Waals surface area contributed by atoms with Crippen LogP contribution in [-0.2, 0) is 4.79 Å². The zero-order valence-electron chi connectivity index (χ0n) is 7.42. The molecular weight excluding hydrogens is 142 g/mol. The second-order valence-corrected chi connectivity index (χ2v) is 2.68. The van der Waals surface area contributed by atoms with Crippen LogP contribution >= 0.6 is 0 Å². The van der Waals surface area contributed by atoms with Gasteiger partial charge in [-0.25, -0.2) is 0 Å². The molecule has 0 rings (SSSR count). The minimum Gasteiger partial charge on any atom is -0.391 e. The fourth-order valence-electron chi connectivity index (χ4n) is 0.873. The molecule has 0 aliphatic carbocycles.